The first kappa shape index (κ1) is 13.4. The molecule has 1 aromatic carbocycles. The van der Waals surface area contributed by atoms with Crippen molar-refractivity contribution in [3.63, 3.8) is 0 Å². The lowest BCUT2D eigenvalue weighted by atomic mass is 10.2. The van der Waals surface area contributed by atoms with E-state index >= 15 is 0 Å². The Morgan fingerprint density at radius 1 is 1.41 bits per heavy atom. The van der Waals surface area contributed by atoms with E-state index in [4.69, 9.17) is 11.6 Å². The first-order chi connectivity index (χ1) is 7.93. The molecule has 92 valence electrons. The van der Waals surface area contributed by atoms with E-state index in [9.17, 15) is 14.0 Å². The van der Waals surface area contributed by atoms with Crippen molar-refractivity contribution in [1.29, 1.82) is 0 Å². The van der Waals surface area contributed by atoms with Gasteiger partial charge in [0.25, 0.3) is 5.91 Å². The zero-order chi connectivity index (χ0) is 13.0. The fourth-order valence-electron chi connectivity index (χ4n) is 1.12. The standard InChI is InChI=1S/C11H12ClFN2O2/c1-15(2)9(16)6-14-11(17)10-7(12)4-3-5-8(10)13/h3-5H,6H2,1-2H3,(H,14,17). The quantitative estimate of drug-likeness (QED) is 0.888. The molecule has 0 aliphatic heterocycles. The van der Waals surface area contributed by atoms with Gasteiger partial charge in [0.15, 0.2) is 0 Å². The lowest BCUT2D eigenvalue weighted by Crippen LogP contribution is -2.36. The number of carbonyl (C=O) groups excluding carboxylic acids is 2. The molecule has 0 heterocycles. The number of likely N-dealkylation sites (N-methyl/N-ethyl adjacent to an activating group) is 1. The summed E-state index contributed by atoms with van der Waals surface area (Å²) >= 11 is 5.71. The lowest BCUT2D eigenvalue weighted by molar-refractivity contribution is -0.127. The van der Waals surface area contributed by atoms with E-state index in [2.05, 4.69) is 5.32 Å². The first-order valence-electron chi connectivity index (χ1n) is 4.86. The zero-order valence-corrected chi connectivity index (χ0v) is 10.2. The fourth-order valence-corrected chi connectivity index (χ4v) is 1.37. The second-order valence-electron chi connectivity index (χ2n) is 3.57. The predicted molar refractivity (Wildman–Crippen MR) is 62.4 cm³/mol. The first-order valence-corrected chi connectivity index (χ1v) is 5.23. The van der Waals surface area contributed by atoms with Crippen LogP contribution in [0.25, 0.3) is 0 Å². The second kappa shape index (κ2) is 5.63. The van der Waals surface area contributed by atoms with Crippen LogP contribution in [-0.2, 0) is 4.79 Å². The molecule has 4 nitrogen and oxygen atoms in total. The average Bonchev–Trinajstić information content (AvgIpc) is 2.25. The van der Waals surface area contributed by atoms with Gasteiger partial charge in [-0.05, 0) is 12.1 Å². The van der Waals surface area contributed by atoms with Crippen LogP contribution in [0.5, 0.6) is 0 Å². The molecule has 0 aliphatic carbocycles. The van der Waals surface area contributed by atoms with Gasteiger partial charge in [-0.15, -0.1) is 0 Å². The van der Waals surface area contributed by atoms with E-state index in [0.29, 0.717) is 0 Å². The summed E-state index contributed by atoms with van der Waals surface area (Å²) < 4.78 is 13.3. The molecular weight excluding hydrogens is 247 g/mol. The van der Waals surface area contributed by atoms with E-state index in [-0.39, 0.29) is 23.0 Å². The summed E-state index contributed by atoms with van der Waals surface area (Å²) in [5.41, 5.74) is -0.249. The highest BCUT2D eigenvalue weighted by Gasteiger charge is 2.16. The minimum atomic E-state index is -0.715. The third kappa shape index (κ3) is 3.42. The van der Waals surface area contributed by atoms with Crippen LogP contribution in [0.15, 0.2) is 18.2 Å². The number of nitrogens with zero attached hydrogens (tertiary/aromatic N) is 1. The van der Waals surface area contributed by atoms with Crippen molar-refractivity contribution < 1.29 is 14.0 Å². The summed E-state index contributed by atoms with van der Waals surface area (Å²) in [5, 5.41) is 2.32. The minimum absolute atomic E-state index is 0.0137. The fraction of sp³-hybridized carbons (Fsp3) is 0.273. The number of carbonyl (C=O) groups is 2. The molecule has 0 aliphatic rings. The molecule has 0 atom stereocenters. The van der Waals surface area contributed by atoms with Crippen LogP contribution in [0, 0.1) is 5.82 Å². The van der Waals surface area contributed by atoms with Gasteiger partial charge in [-0.3, -0.25) is 9.59 Å². The Kier molecular flexibility index (Phi) is 4.45. The van der Waals surface area contributed by atoms with Crippen molar-refractivity contribution in [2.75, 3.05) is 20.6 Å². The van der Waals surface area contributed by atoms with Gasteiger partial charge in [0, 0.05) is 14.1 Å². The topological polar surface area (TPSA) is 49.4 Å². The van der Waals surface area contributed by atoms with Gasteiger partial charge in [0.2, 0.25) is 5.91 Å². The van der Waals surface area contributed by atoms with Gasteiger partial charge in [-0.25, -0.2) is 4.39 Å². The number of benzene rings is 1. The van der Waals surface area contributed by atoms with E-state index in [1.165, 1.54) is 17.0 Å². The van der Waals surface area contributed by atoms with Crippen molar-refractivity contribution in [2.24, 2.45) is 0 Å². The number of halogens is 2. The largest absolute Gasteiger partial charge is 0.347 e. The summed E-state index contributed by atoms with van der Waals surface area (Å²) in [6.07, 6.45) is 0. The van der Waals surface area contributed by atoms with Crippen LogP contribution in [0.1, 0.15) is 10.4 Å². The van der Waals surface area contributed by atoms with Crippen LogP contribution in [-0.4, -0.2) is 37.4 Å². The monoisotopic (exact) mass is 258 g/mol. The highest BCUT2D eigenvalue weighted by Crippen LogP contribution is 2.18. The van der Waals surface area contributed by atoms with Crippen molar-refractivity contribution in [3.05, 3.63) is 34.6 Å². The molecule has 0 aromatic heterocycles. The number of amides is 2. The summed E-state index contributed by atoms with van der Waals surface area (Å²) in [6.45, 7) is -0.198. The molecule has 0 unspecified atom stereocenters. The number of hydrogen-bond donors (Lipinski definition) is 1. The van der Waals surface area contributed by atoms with Gasteiger partial charge in [0.05, 0.1) is 17.1 Å². The zero-order valence-electron chi connectivity index (χ0n) is 9.46. The molecule has 6 heteroatoms. The van der Waals surface area contributed by atoms with Crippen LogP contribution < -0.4 is 5.32 Å². The van der Waals surface area contributed by atoms with E-state index in [1.54, 1.807) is 14.1 Å². The van der Waals surface area contributed by atoms with Crippen LogP contribution >= 0.6 is 11.6 Å². The molecule has 1 aromatic rings. The molecule has 17 heavy (non-hydrogen) atoms. The molecular formula is C11H12ClFN2O2. The van der Waals surface area contributed by atoms with E-state index in [1.807, 2.05) is 0 Å². The summed E-state index contributed by atoms with van der Waals surface area (Å²) in [5.74, 6) is -1.71. The maximum absolute atomic E-state index is 13.3. The molecule has 2 amide bonds. The summed E-state index contributed by atoms with van der Waals surface area (Å²) in [4.78, 5) is 24.2. The van der Waals surface area contributed by atoms with Crippen LogP contribution in [0.2, 0.25) is 5.02 Å². The molecule has 0 fully saturated rings. The van der Waals surface area contributed by atoms with Gasteiger partial charge in [-0.2, -0.15) is 0 Å². The van der Waals surface area contributed by atoms with Crippen LogP contribution in [0.4, 0.5) is 4.39 Å². The highest BCUT2D eigenvalue weighted by molar-refractivity contribution is 6.33. The molecule has 0 spiro atoms. The number of rotatable bonds is 3. The Bertz CT molecular complexity index is 429. The van der Waals surface area contributed by atoms with E-state index < -0.39 is 11.7 Å². The minimum Gasteiger partial charge on any atom is -0.347 e. The SMILES string of the molecule is CN(C)C(=O)CNC(=O)c1c(F)cccc1Cl. The predicted octanol–water partition coefficient (Wildman–Crippen LogP) is 1.30. The number of nitrogens with one attached hydrogen (secondary N) is 1. The Hall–Kier alpha value is -1.62. The second-order valence-corrected chi connectivity index (χ2v) is 3.97. The molecule has 1 rings (SSSR count). The molecule has 0 bridgehead atoms. The Morgan fingerprint density at radius 2 is 2.06 bits per heavy atom. The average molecular weight is 259 g/mol. The molecule has 0 radical (unpaired) electrons. The highest BCUT2D eigenvalue weighted by atomic mass is 35.5. The Balaban J connectivity index is 2.74. The van der Waals surface area contributed by atoms with E-state index in [0.717, 1.165) is 6.07 Å². The Labute approximate surface area is 103 Å². The molecule has 0 saturated carbocycles. The third-order valence-corrected chi connectivity index (χ3v) is 2.40. The van der Waals surface area contributed by atoms with Crippen molar-refractivity contribution in [2.45, 2.75) is 0 Å². The molecule has 1 N–H and O–H groups in total. The van der Waals surface area contributed by atoms with Crippen molar-refractivity contribution in [3.8, 4) is 0 Å². The van der Waals surface area contributed by atoms with Gasteiger partial charge >= 0.3 is 0 Å². The maximum Gasteiger partial charge on any atom is 0.256 e. The van der Waals surface area contributed by atoms with Crippen molar-refractivity contribution in [1.82, 2.24) is 10.2 Å². The summed E-state index contributed by atoms with van der Waals surface area (Å²) in [7, 11) is 3.12. The third-order valence-electron chi connectivity index (χ3n) is 2.09. The van der Waals surface area contributed by atoms with Gasteiger partial charge in [-0.1, -0.05) is 17.7 Å². The number of hydrogen-bond acceptors (Lipinski definition) is 2. The van der Waals surface area contributed by atoms with Gasteiger partial charge in [0.1, 0.15) is 5.82 Å². The lowest BCUT2D eigenvalue weighted by Gasteiger charge is -2.11. The van der Waals surface area contributed by atoms with Crippen LogP contribution in [0.3, 0.4) is 0 Å². The van der Waals surface area contributed by atoms with Gasteiger partial charge < -0.3 is 10.2 Å². The summed E-state index contributed by atoms with van der Waals surface area (Å²) in [6, 6.07) is 3.95. The smallest absolute Gasteiger partial charge is 0.256 e. The Morgan fingerprint density at radius 3 is 2.59 bits per heavy atom. The maximum atomic E-state index is 13.3. The molecule has 0 saturated heterocycles. The normalized spacial score (nSPS) is 9.88. The van der Waals surface area contributed by atoms with Crippen molar-refractivity contribution >= 4 is 23.4 Å².